The fourth-order valence-electron chi connectivity index (χ4n) is 2.58. The smallest absolute Gasteiger partial charge is 0.251 e. The molecule has 0 bridgehead atoms. The van der Waals surface area contributed by atoms with Gasteiger partial charge in [-0.25, -0.2) is 0 Å². The number of nitrogens with zero attached hydrogens (tertiary/aromatic N) is 1. The zero-order valence-electron chi connectivity index (χ0n) is 12.1. The number of likely N-dealkylation sites (tertiary alicyclic amines) is 1. The van der Waals surface area contributed by atoms with Crippen molar-refractivity contribution in [1.82, 2.24) is 10.2 Å². The summed E-state index contributed by atoms with van der Waals surface area (Å²) >= 11 is 3.41. The topological polar surface area (TPSA) is 32.3 Å². The van der Waals surface area contributed by atoms with Gasteiger partial charge in [0.25, 0.3) is 5.91 Å². The summed E-state index contributed by atoms with van der Waals surface area (Å²) in [4.78, 5) is 14.5. The van der Waals surface area contributed by atoms with Gasteiger partial charge in [-0.3, -0.25) is 4.79 Å². The van der Waals surface area contributed by atoms with Gasteiger partial charge in [-0.15, -0.1) is 0 Å². The van der Waals surface area contributed by atoms with E-state index in [1.54, 1.807) is 0 Å². The van der Waals surface area contributed by atoms with E-state index >= 15 is 0 Å². The molecule has 3 nitrogen and oxygen atoms in total. The first-order valence-electron chi connectivity index (χ1n) is 7.34. The molecule has 1 fully saturated rings. The highest BCUT2D eigenvalue weighted by atomic mass is 79.9. The van der Waals surface area contributed by atoms with Gasteiger partial charge in [-0.1, -0.05) is 35.0 Å². The molecule has 1 amide bonds. The molecule has 2 rings (SSSR count). The molecular weight excluding hydrogens is 316 g/mol. The van der Waals surface area contributed by atoms with Gasteiger partial charge in [0.15, 0.2) is 0 Å². The second-order valence-corrected chi connectivity index (χ2v) is 6.21. The average molecular weight is 339 g/mol. The van der Waals surface area contributed by atoms with Crippen molar-refractivity contribution in [3.63, 3.8) is 0 Å². The minimum absolute atomic E-state index is 0.0272. The van der Waals surface area contributed by atoms with E-state index in [9.17, 15) is 4.79 Å². The van der Waals surface area contributed by atoms with Gasteiger partial charge in [0, 0.05) is 24.0 Å². The van der Waals surface area contributed by atoms with Crippen LogP contribution in [-0.2, 0) is 5.33 Å². The number of nitrogens with one attached hydrogen (secondary N) is 1. The van der Waals surface area contributed by atoms with Crippen LogP contribution in [0.1, 0.15) is 35.7 Å². The highest BCUT2D eigenvalue weighted by molar-refractivity contribution is 9.08. The molecule has 0 spiro atoms. The quantitative estimate of drug-likeness (QED) is 0.808. The van der Waals surface area contributed by atoms with Gasteiger partial charge in [-0.2, -0.15) is 0 Å². The summed E-state index contributed by atoms with van der Waals surface area (Å²) in [6.45, 7) is 6.46. The van der Waals surface area contributed by atoms with E-state index < -0.39 is 0 Å². The molecule has 0 aliphatic carbocycles. The molecule has 1 aromatic carbocycles. The number of benzene rings is 1. The molecule has 1 heterocycles. The summed E-state index contributed by atoms with van der Waals surface area (Å²) in [5, 5.41) is 3.85. The maximum Gasteiger partial charge on any atom is 0.251 e. The van der Waals surface area contributed by atoms with Gasteiger partial charge in [0.05, 0.1) is 0 Å². The third-order valence-electron chi connectivity index (χ3n) is 3.75. The Morgan fingerprint density at radius 2 is 1.95 bits per heavy atom. The number of amides is 1. The molecule has 0 radical (unpaired) electrons. The van der Waals surface area contributed by atoms with Crippen molar-refractivity contribution < 1.29 is 4.79 Å². The second kappa shape index (κ2) is 7.79. The predicted octanol–water partition coefficient (Wildman–Crippen LogP) is 3.04. The van der Waals surface area contributed by atoms with E-state index in [2.05, 4.69) is 33.1 Å². The first-order valence-corrected chi connectivity index (χ1v) is 8.46. The normalized spacial score (nSPS) is 17.1. The second-order valence-electron chi connectivity index (χ2n) is 5.65. The summed E-state index contributed by atoms with van der Waals surface area (Å²) in [6, 6.07) is 7.74. The number of halogens is 1. The van der Waals surface area contributed by atoms with Crippen LogP contribution in [0.3, 0.4) is 0 Å². The van der Waals surface area contributed by atoms with Crippen molar-refractivity contribution in [3.05, 3.63) is 35.4 Å². The van der Waals surface area contributed by atoms with E-state index in [0.29, 0.717) is 5.92 Å². The number of hydrogen-bond acceptors (Lipinski definition) is 2. The largest absolute Gasteiger partial charge is 0.352 e. The molecule has 1 aromatic rings. The maximum atomic E-state index is 12.0. The van der Waals surface area contributed by atoms with Crippen molar-refractivity contribution in [2.24, 2.45) is 5.92 Å². The van der Waals surface area contributed by atoms with E-state index in [1.807, 2.05) is 24.3 Å². The number of rotatable bonds is 6. The predicted molar refractivity (Wildman–Crippen MR) is 86.2 cm³/mol. The van der Waals surface area contributed by atoms with Gasteiger partial charge in [-0.05, 0) is 49.5 Å². The summed E-state index contributed by atoms with van der Waals surface area (Å²) in [5.41, 5.74) is 1.92. The Labute approximate surface area is 129 Å². The Morgan fingerprint density at radius 3 is 2.55 bits per heavy atom. The van der Waals surface area contributed by atoms with Crippen LogP contribution in [0.5, 0.6) is 0 Å². The minimum Gasteiger partial charge on any atom is -0.352 e. The molecular formula is C16H23BrN2O. The molecule has 4 heteroatoms. The summed E-state index contributed by atoms with van der Waals surface area (Å²) in [5.74, 6) is 0.526. The van der Waals surface area contributed by atoms with Crippen molar-refractivity contribution in [2.75, 3.05) is 26.2 Å². The van der Waals surface area contributed by atoms with Gasteiger partial charge >= 0.3 is 0 Å². The summed E-state index contributed by atoms with van der Waals surface area (Å²) in [7, 11) is 0. The van der Waals surface area contributed by atoms with E-state index in [1.165, 1.54) is 31.5 Å². The lowest BCUT2D eigenvalue weighted by Gasteiger charge is -2.20. The first-order chi connectivity index (χ1) is 9.69. The van der Waals surface area contributed by atoms with Crippen molar-refractivity contribution in [2.45, 2.75) is 25.1 Å². The zero-order valence-corrected chi connectivity index (χ0v) is 13.7. The van der Waals surface area contributed by atoms with E-state index in [0.717, 1.165) is 24.0 Å². The van der Waals surface area contributed by atoms with Crippen molar-refractivity contribution >= 4 is 21.8 Å². The lowest BCUT2D eigenvalue weighted by atomic mass is 10.1. The summed E-state index contributed by atoms with van der Waals surface area (Å²) < 4.78 is 0. The average Bonchev–Trinajstić information content (AvgIpc) is 2.97. The molecule has 20 heavy (non-hydrogen) atoms. The fourth-order valence-corrected chi connectivity index (χ4v) is 2.96. The molecule has 1 atom stereocenters. The molecule has 1 unspecified atom stereocenters. The third-order valence-corrected chi connectivity index (χ3v) is 4.40. The Hall–Kier alpha value is -0.870. The molecule has 1 aliphatic heterocycles. The van der Waals surface area contributed by atoms with Crippen LogP contribution in [-0.4, -0.2) is 37.0 Å². The van der Waals surface area contributed by atoms with Crippen LogP contribution >= 0.6 is 15.9 Å². The Morgan fingerprint density at radius 1 is 1.30 bits per heavy atom. The van der Waals surface area contributed by atoms with Crippen LogP contribution < -0.4 is 5.32 Å². The molecule has 0 aromatic heterocycles. The van der Waals surface area contributed by atoms with Crippen LogP contribution in [0.4, 0.5) is 0 Å². The lowest BCUT2D eigenvalue weighted by molar-refractivity contribution is 0.0945. The van der Waals surface area contributed by atoms with Crippen LogP contribution in [0.2, 0.25) is 0 Å². The Balaban J connectivity index is 1.75. The van der Waals surface area contributed by atoms with Crippen LogP contribution in [0.15, 0.2) is 24.3 Å². The van der Waals surface area contributed by atoms with Gasteiger partial charge in [0.2, 0.25) is 0 Å². The number of carbonyl (C=O) groups is 1. The molecule has 0 saturated carbocycles. The molecule has 110 valence electrons. The van der Waals surface area contributed by atoms with Crippen LogP contribution in [0, 0.1) is 5.92 Å². The van der Waals surface area contributed by atoms with E-state index in [4.69, 9.17) is 0 Å². The Bertz CT molecular complexity index is 427. The zero-order chi connectivity index (χ0) is 14.4. The Kier molecular flexibility index (Phi) is 6.05. The van der Waals surface area contributed by atoms with Gasteiger partial charge in [0.1, 0.15) is 0 Å². The SMILES string of the molecule is CC(CNC(=O)c1ccc(CBr)cc1)CN1CCCC1. The number of hydrogen-bond donors (Lipinski definition) is 1. The van der Waals surface area contributed by atoms with Gasteiger partial charge < -0.3 is 10.2 Å². The van der Waals surface area contributed by atoms with E-state index in [-0.39, 0.29) is 5.91 Å². The highest BCUT2D eigenvalue weighted by Gasteiger charge is 2.15. The molecule has 1 saturated heterocycles. The minimum atomic E-state index is 0.0272. The number of alkyl halides is 1. The fraction of sp³-hybridized carbons (Fsp3) is 0.562. The lowest BCUT2D eigenvalue weighted by Crippen LogP contribution is -2.34. The monoisotopic (exact) mass is 338 g/mol. The maximum absolute atomic E-state index is 12.0. The summed E-state index contributed by atoms with van der Waals surface area (Å²) in [6.07, 6.45) is 2.64. The van der Waals surface area contributed by atoms with Crippen LogP contribution in [0.25, 0.3) is 0 Å². The molecule has 1 N–H and O–H groups in total. The number of carbonyl (C=O) groups excluding carboxylic acids is 1. The first kappa shape index (κ1) is 15.5. The highest BCUT2D eigenvalue weighted by Crippen LogP contribution is 2.10. The standard InChI is InChI=1S/C16H23BrN2O/c1-13(12-19-8-2-3-9-19)11-18-16(20)15-6-4-14(10-17)5-7-15/h4-7,13H,2-3,8-12H2,1H3,(H,18,20). The van der Waals surface area contributed by atoms with Crippen molar-refractivity contribution in [1.29, 1.82) is 0 Å². The van der Waals surface area contributed by atoms with Crippen molar-refractivity contribution in [3.8, 4) is 0 Å². The molecule has 1 aliphatic rings. The third kappa shape index (κ3) is 4.60.